The van der Waals surface area contributed by atoms with Gasteiger partial charge in [0.1, 0.15) is 18.1 Å². The quantitative estimate of drug-likeness (QED) is 0.795. The van der Waals surface area contributed by atoms with Crippen LogP contribution in [0.15, 0.2) is 42.5 Å². The van der Waals surface area contributed by atoms with Gasteiger partial charge in [0.25, 0.3) is 0 Å². The third-order valence-electron chi connectivity index (χ3n) is 6.08. The van der Waals surface area contributed by atoms with Gasteiger partial charge in [0.2, 0.25) is 5.91 Å². The van der Waals surface area contributed by atoms with Crippen molar-refractivity contribution >= 4 is 11.6 Å². The number of nitrogens with one attached hydrogen (secondary N) is 1. The molecule has 0 radical (unpaired) electrons. The van der Waals surface area contributed by atoms with Gasteiger partial charge in [0, 0.05) is 38.4 Å². The van der Waals surface area contributed by atoms with Crippen LogP contribution in [0.25, 0.3) is 0 Å². The number of piperazine rings is 1. The van der Waals surface area contributed by atoms with E-state index in [9.17, 15) is 4.79 Å². The molecule has 6 heteroatoms. The lowest BCUT2D eigenvalue weighted by molar-refractivity contribution is -0.121. The standard InChI is InChI=1S/C24H31N3O3/c1-3-26-10-12-27(13-11-26)16-18-4-6-21(7-5-18)25-24(28)20-14-19-15-22(29-2)8-9-23(19)30-17-20/h4-9,15,20H,3,10-14,16-17H2,1-2H3,(H,25,28). The first-order chi connectivity index (χ1) is 14.6. The van der Waals surface area contributed by atoms with Gasteiger partial charge < -0.3 is 19.7 Å². The molecule has 1 amide bonds. The highest BCUT2D eigenvalue weighted by Crippen LogP contribution is 2.31. The lowest BCUT2D eigenvalue weighted by Crippen LogP contribution is -2.45. The summed E-state index contributed by atoms with van der Waals surface area (Å²) in [5.41, 5.74) is 3.12. The molecule has 6 nitrogen and oxygen atoms in total. The van der Waals surface area contributed by atoms with Gasteiger partial charge in [-0.05, 0) is 54.4 Å². The summed E-state index contributed by atoms with van der Waals surface area (Å²) in [6, 6.07) is 13.9. The SMILES string of the molecule is CCN1CCN(Cc2ccc(NC(=O)C3COc4ccc(OC)cc4C3)cc2)CC1. The molecule has 2 heterocycles. The van der Waals surface area contributed by atoms with Gasteiger partial charge in [-0.2, -0.15) is 0 Å². The number of hydrogen-bond acceptors (Lipinski definition) is 5. The third kappa shape index (κ3) is 4.94. The number of anilines is 1. The lowest BCUT2D eigenvalue weighted by atomic mass is 9.95. The predicted molar refractivity (Wildman–Crippen MR) is 118 cm³/mol. The number of ether oxygens (including phenoxy) is 2. The minimum absolute atomic E-state index is 0.00749. The third-order valence-corrected chi connectivity index (χ3v) is 6.08. The summed E-state index contributed by atoms with van der Waals surface area (Å²) in [6.07, 6.45) is 0.653. The Morgan fingerprint density at radius 1 is 1.10 bits per heavy atom. The van der Waals surface area contributed by atoms with Crippen molar-refractivity contribution in [1.29, 1.82) is 0 Å². The van der Waals surface area contributed by atoms with Crippen LogP contribution in [0.2, 0.25) is 0 Å². The Hall–Kier alpha value is -2.57. The second-order valence-electron chi connectivity index (χ2n) is 8.08. The Morgan fingerprint density at radius 3 is 2.53 bits per heavy atom. The highest BCUT2D eigenvalue weighted by molar-refractivity contribution is 5.93. The topological polar surface area (TPSA) is 54.0 Å². The van der Waals surface area contributed by atoms with E-state index in [0.29, 0.717) is 13.0 Å². The van der Waals surface area contributed by atoms with Gasteiger partial charge in [-0.25, -0.2) is 0 Å². The molecule has 160 valence electrons. The van der Waals surface area contributed by atoms with Gasteiger partial charge in [0.15, 0.2) is 0 Å². The number of hydrogen-bond donors (Lipinski definition) is 1. The minimum Gasteiger partial charge on any atom is -0.497 e. The number of nitrogens with zero attached hydrogens (tertiary/aromatic N) is 2. The van der Waals surface area contributed by atoms with Crippen molar-refractivity contribution < 1.29 is 14.3 Å². The Bertz CT molecular complexity index is 860. The van der Waals surface area contributed by atoms with Crippen LogP contribution in [0, 0.1) is 5.92 Å². The van der Waals surface area contributed by atoms with Crippen molar-refractivity contribution in [2.45, 2.75) is 19.9 Å². The van der Waals surface area contributed by atoms with Crippen molar-refractivity contribution in [3.8, 4) is 11.5 Å². The largest absolute Gasteiger partial charge is 0.497 e. The van der Waals surface area contributed by atoms with Crippen molar-refractivity contribution in [3.05, 3.63) is 53.6 Å². The van der Waals surface area contributed by atoms with E-state index in [-0.39, 0.29) is 11.8 Å². The van der Waals surface area contributed by atoms with Gasteiger partial charge in [-0.1, -0.05) is 19.1 Å². The van der Waals surface area contributed by atoms with E-state index >= 15 is 0 Å². The van der Waals surface area contributed by atoms with E-state index in [1.165, 1.54) is 5.56 Å². The van der Waals surface area contributed by atoms with Gasteiger partial charge in [-0.3, -0.25) is 9.69 Å². The fraction of sp³-hybridized carbons (Fsp3) is 0.458. The molecule has 1 saturated heterocycles. The molecule has 0 bridgehead atoms. The van der Waals surface area contributed by atoms with Crippen molar-refractivity contribution in [3.63, 3.8) is 0 Å². The lowest BCUT2D eigenvalue weighted by Gasteiger charge is -2.34. The van der Waals surface area contributed by atoms with Crippen LogP contribution in [-0.4, -0.2) is 62.1 Å². The molecule has 2 aromatic carbocycles. The predicted octanol–water partition coefficient (Wildman–Crippen LogP) is 3.02. The molecule has 0 saturated carbocycles. The molecule has 1 unspecified atom stereocenters. The van der Waals surface area contributed by atoms with Gasteiger partial charge in [-0.15, -0.1) is 0 Å². The molecule has 2 aliphatic rings. The fourth-order valence-electron chi connectivity index (χ4n) is 4.13. The van der Waals surface area contributed by atoms with Crippen LogP contribution in [0.1, 0.15) is 18.1 Å². The number of methoxy groups -OCH3 is 1. The minimum atomic E-state index is -0.209. The van der Waals surface area contributed by atoms with Crippen LogP contribution in [0.3, 0.4) is 0 Å². The molecule has 30 heavy (non-hydrogen) atoms. The molecular weight excluding hydrogens is 378 g/mol. The second-order valence-corrected chi connectivity index (χ2v) is 8.08. The highest BCUT2D eigenvalue weighted by atomic mass is 16.5. The van der Waals surface area contributed by atoms with Crippen LogP contribution in [-0.2, 0) is 17.8 Å². The molecule has 0 aliphatic carbocycles. The summed E-state index contributed by atoms with van der Waals surface area (Å²) in [7, 11) is 1.64. The molecular formula is C24H31N3O3. The first-order valence-electron chi connectivity index (χ1n) is 10.8. The van der Waals surface area contributed by atoms with Crippen LogP contribution < -0.4 is 14.8 Å². The highest BCUT2D eigenvalue weighted by Gasteiger charge is 2.26. The Morgan fingerprint density at radius 2 is 1.83 bits per heavy atom. The number of benzene rings is 2. The monoisotopic (exact) mass is 409 g/mol. The first kappa shape index (κ1) is 20.7. The zero-order valence-electron chi connectivity index (χ0n) is 17.9. The normalized spacial score (nSPS) is 19.6. The maximum atomic E-state index is 12.8. The Labute approximate surface area is 178 Å². The number of likely N-dealkylation sites (N-methyl/N-ethyl adjacent to an activating group) is 1. The van der Waals surface area contributed by atoms with Gasteiger partial charge >= 0.3 is 0 Å². The van der Waals surface area contributed by atoms with Gasteiger partial charge in [0.05, 0.1) is 13.0 Å². The number of fused-ring (bicyclic) bond motifs is 1. The van der Waals surface area contributed by atoms with Crippen molar-refractivity contribution in [2.24, 2.45) is 5.92 Å². The van der Waals surface area contributed by atoms with E-state index in [1.54, 1.807) is 7.11 Å². The smallest absolute Gasteiger partial charge is 0.231 e. The molecule has 1 atom stereocenters. The summed E-state index contributed by atoms with van der Waals surface area (Å²) in [4.78, 5) is 17.7. The van der Waals surface area contributed by atoms with Crippen molar-refractivity contribution in [2.75, 3.05) is 51.8 Å². The summed E-state index contributed by atoms with van der Waals surface area (Å²) < 4.78 is 11.1. The van der Waals surface area contributed by atoms with Crippen LogP contribution >= 0.6 is 0 Å². The zero-order valence-corrected chi connectivity index (χ0v) is 17.9. The van der Waals surface area contributed by atoms with Crippen LogP contribution in [0.5, 0.6) is 11.5 Å². The summed E-state index contributed by atoms with van der Waals surface area (Å²) in [6.45, 7) is 9.21. The van der Waals surface area contributed by atoms with Crippen molar-refractivity contribution in [1.82, 2.24) is 9.80 Å². The van der Waals surface area contributed by atoms with E-state index < -0.39 is 0 Å². The molecule has 2 aliphatic heterocycles. The molecule has 2 aromatic rings. The Balaban J connectivity index is 1.30. The first-order valence-corrected chi connectivity index (χ1v) is 10.8. The number of rotatable bonds is 6. The zero-order chi connectivity index (χ0) is 20.9. The summed E-state index contributed by atoms with van der Waals surface area (Å²) >= 11 is 0. The molecule has 4 rings (SSSR count). The Kier molecular flexibility index (Phi) is 6.55. The average molecular weight is 410 g/mol. The van der Waals surface area contributed by atoms with E-state index in [0.717, 1.165) is 62.0 Å². The number of amides is 1. The molecule has 0 spiro atoms. The van der Waals surface area contributed by atoms with E-state index in [1.807, 2.05) is 30.3 Å². The number of carbonyl (C=O) groups excluding carboxylic acids is 1. The number of carbonyl (C=O) groups is 1. The molecule has 1 N–H and O–H groups in total. The van der Waals surface area contributed by atoms with Crippen LogP contribution in [0.4, 0.5) is 5.69 Å². The fourth-order valence-corrected chi connectivity index (χ4v) is 4.13. The van der Waals surface area contributed by atoms with E-state index in [2.05, 4.69) is 34.2 Å². The summed E-state index contributed by atoms with van der Waals surface area (Å²) in [5.74, 6) is 1.40. The maximum Gasteiger partial charge on any atom is 0.231 e. The molecule has 1 fully saturated rings. The maximum absolute atomic E-state index is 12.8. The molecule has 0 aromatic heterocycles. The average Bonchev–Trinajstić information content (AvgIpc) is 2.80. The summed E-state index contributed by atoms with van der Waals surface area (Å²) in [5, 5.41) is 3.04. The second kappa shape index (κ2) is 9.49. The van der Waals surface area contributed by atoms with E-state index in [4.69, 9.17) is 9.47 Å².